The van der Waals surface area contributed by atoms with Crippen molar-refractivity contribution in [3.63, 3.8) is 0 Å². The molecule has 9 heteroatoms. The number of nitrogens with zero attached hydrogens (tertiary/aromatic N) is 2. The molecule has 0 radical (unpaired) electrons. The number of ether oxygens (including phenoxy) is 2. The van der Waals surface area contributed by atoms with Gasteiger partial charge in [0, 0.05) is 11.8 Å². The lowest BCUT2D eigenvalue weighted by Gasteiger charge is -2.25. The third-order valence-electron chi connectivity index (χ3n) is 5.31. The van der Waals surface area contributed by atoms with E-state index in [1.807, 2.05) is 30.3 Å². The Morgan fingerprint density at radius 2 is 1.94 bits per heavy atom. The van der Waals surface area contributed by atoms with E-state index in [-0.39, 0.29) is 25.2 Å². The number of benzene rings is 1. The van der Waals surface area contributed by atoms with E-state index in [1.165, 1.54) is 7.11 Å². The molecular weight excluding hydrogens is 442 g/mol. The predicted octanol–water partition coefficient (Wildman–Crippen LogP) is 3.66. The molecule has 0 bridgehead atoms. The summed E-state index contributed by atoms with van der Waals surface area (Å²) >= 11 is 5.54. The van der Waals surface area contributed by atoms with E-state index in [9.17, 15) is 9.59 Å². The van der Waals surface area contributed by atoms with Crippen molar-refractivity contribution in [3.8, 4) is 11.3 Å². The Kier molecular flexibility index (Phi) is 6.69. The number of hydrogen-bond acceptors (Lipinski definition) is 7. The molecule has 0 amide bonds. The smallest absolute Gasteiger partial charge is 0.337 e. The van der Waals surface area contributed by atoms with Crippen LogP contribution in [0.3, 0.4) is 0 Å². The third kappa shape index (κ3) is 4.73. The van der Waals surface area contributed by atoms with Gasteiger partial charge in [0.1, 0.15) is 24.1 Å². The molecule has 33 heavy (non-hydrogen) atoms. The normalized spacial score (nSPS) is 17.5. The number of carbonyl (C=O) groups excluding carboxylic acids is 2. The molecule has 170 valence electrons. The Morgan fingerprint density at radius 3 is 2.61 bits per heavy atom. The highest BCUT2D eigenvalue weighted by atomic mass is 32.1. The Bertz CT molecular complexity index is 1150. The summed E-state index contributed by atoms with van der Waals surface area (Å²) in [4.78, 5) is 30.2. The van der Waals surface area contributed by atoms with E-state index < -0.39 is 12.0 Å². The summed E-state index contributed by atoms with van der Waals surface area (Å²) in [5, 5.41) is 3.69. The zero-order valence-corrected chi connectivity index (χ0v) is 19.0. The lowest BCUT2D eigenvalue weighted by Crippen LogP contribution is -2.35. The number of esters is 2. The third-order valence-corrected chi connectivity index (χ3v) is 5.66. The van der Waals surface area contributed by atoms with Crippen molar-refractivity contribution < 1.29 is 23.5 Å². The SMILES string of the molecule is CCOC(=O)CN1C(=S)N[C@@H](c2ccccn2)[C@@H]1c1ccc(-c2ccc(C(=O)OC)cc2)o1. The van der Waals surface area contributed by atoms with Gasteiger partial charge < -0.3 is 24.1 Å². The fourth-order valence-corrected chi connectivity index (χ4v) is 4.09. The molecule has 1 aromatic carbocycles. The van der Waals surface area contributed by atoms with Gasteiger partial charge in [-0.05, 0) is 55.5 Å². The van der Waals surface area contributed by atoms with Crippen molar-refractivity contribution in [2.75, 3.05) is 20.3 Å². The topological polar surface area (TPSA) is 93.9 Å². The molecule has 3 aromatic rings. The van der Waals surface area contributed by atoms with E-state index in [1.54, 1.807) is 42.3 Å². The molecule has 1 saturated heterocycles. The zero-order valence-electron chi connectivity index (χ0n) is 18.2. The van der Waals surface area contributed by atoms with E-state index in [0.29, 0.717) is 22.2 Å². The number of thiocarbonyl (C=S) groups is 1. The first-order chi connectivity index (χ1) is 16.0. The highest BCUT2D eigenvalue weighted by Gasteiger charge is 2.42. The van der Waals surface area contributed by atoms with Crippen molar-refractivity contribution in [1.82, 2.24) is 15.2 Å². The van der Waals surface area contributed by atoms with Crippen LogP contribution < -0.4 is 5.32 Å². The minimum Gasteiger partial charge on any atom is -0.465 e. The second kappa shape index (κ2) is 9.83. The largest absolute Gasteiger partial charge is 0.465 e. The van der Waals surface area contributed by atoms with Crippen LogP contribution in [0.1, 0.15) is 40.8 Å². The summed E-state index contributed by atoms with van der Waals surface area (Å²) in [6.07, 6.45) is 1.71. The number of pyridine rings is 1. The number of methoxy groups -OCH3 is 1. The molecule has 0 saturated carbocycles. The molecule has 1 N–H and O–H groups in total. The number of hydrogen-bond donors (Lipinski definition) is 1. The monoisotopic (exact) mass is 465 g/mol. The number of aromatic nitrogens is 1. The van der Waals surface area contributed by atoms with Gasteiger partial charge in [-0.3, -0.25) is 9.78 Å². The van der Waals surface area contributed by atoms with Crippen LogP contribution in [-0.4, -0.2) is 47.2 Å². The second-order valence-electron chi connectivity index (χ2n) is 7.33. The lowest BCUT2D eigenvalue weighted by atomic mass is 10.0. The van der Waals surface area contributed by atoms with Crippen LogP contribution in [0.15, 0.2) is 65.2 Å². The first kappa shape index (κ1) is 22.5. The molecule has 8 nitrogen and oxygen atoms in total. The lowest BCUT2D eigenvalue weighted by molar-refractivity contribution is -0.143. The quantitative estimate of drug-likeness (QED) is 0.414. The molecule has 4 rings (SSSR count). The number of furan rings is 1. The fraction of sp³-hybridized carbons (Fsp3) is 0.250. The van der Waals surface area contributed by atoms with Gasteiger partial charge in [0.15, 0.2) is 5.11 Å². The number of rotatable bonds is 7. The Labute approximate surface area is 196 Å². The Morgan fingerprint density at radius 1 is 1.15 bits per heavy atom. The van der Waals surface area contributed by atoms with Gasteiger partial charge in [-0.2, -0.15) is 0 Å². The average molecular weight is 466 g/mol. The van der Waals surface area contributed by atoms with Gasteiger partial charge in [-0.1, -0.05) is 18.2 Å². The summed E-state index contributed by atoms with van der Waals surface area (Å²) in [6, 6.07) is 15.6. The van der Waals surface area contributed by atoms with Gasteiger partial charge in [0.25, 0.3) is 0 Å². The second-order valence-corrected chi connectivity index (χ2v) is 7.72. The standard InChI is InChI=1S/C24H23N3O5S/c1-3-31-20(28)14-27-22(21(26-24(27)33)17-6-4-5-13-25-17)19-12-11-18(32-19)15-7-9-16(10-8-15)23(29)30-2/h4-13,21-22H,3,14H2,1-2H3,(H,26,33)/t21-,22-/m0/s1. The molecule has 2 atom stereocenters. The molecule has 2 aromatic heterocycles. The summed E-state index contributed by atoms with van der Waals surface area (Å²) in [5.74, 6) is 0.461. The van der Waals surface area contributed by atoms with Crippen LogP contribution in [-0.2, 0) is 14.3 Å². The summed E-state index contributed by atoms with van der Waals surface area (Å²) in [6.45, 7) is 2.03. The fourth-order valence-electron chi connectivity index (χ4n) is 3.79. The van der Waals surface area contributed by atoms with Crippen molar-refractivity contribution in [1.29, 1.82) is 0 Å². The van der Waals surface area contributed by atoms with Crippen LogP contribution in [0.4, 0.5) is 0 Å². The average Bonchev–Trinajstić information content (AvgIpc) is 3.44. The molecule has 1 aliphatic heterocycles. The van der Waals surface area contributed by atoms with Crippen molar-refractivity contribution in [3.05, 3.63) is 77.8 Å². The number of carbonyl (C=O) groups is 2. The van der Waals surface area contributed by atoms with Crippen LogP contribution in [0, 0.1) is 0 Å². The predicted molar refractivity (Wildman–Crippen MR) is 124 cm³/mol. The first-order valence-electron chi connectivity index (χ1n) is 10.4. The highest BCUT2D eigenvalue weighted by Crippen LogP contribution is 2.40. The first-order valence-corrected chi connectivity index (χ1v) is 10.8. The van der Waals surface area contributed by atoms with Crippen LogP contribution >= 0.6 is 12.2 Å². The highest BCUT2D eigenvalue weighted by molar-refractivity contribution is 7.80. The molecule has 0 aliphatic carbocycles. The van der Waals surface area contributed by atoms with E-state index in [2.05, 4.69) is 10.3 Å². The van der Waals surface area contributed by atoms with Gasteiger partial charge in [0.05, 0.1) is 31.0 Å². The minimum absolute atomic E-state index is 0.0163. The molecule has 1 aliphatic rings. The Hall–Kier alpha value is -3.72. The summed E-state index contributed by atoms with van der Waals surface area (Å²) in [5.41, 5.74) is 2.03. The van der Waals surface area contributed by atoms with Gasteiger partial charge in [-0.15, -0.1) is 0 Å². The summed E-state index contributed by atoms with van der Waals surface area (Å²) < 4.78 is 16.1. The molecular formula is C24H23N3O5S. The van der Waals surface area contributed by atoms with Crippen LogP contribution in [0.5, 0.6) is 0 Å². The minimum atomic E-state index is -0.403. The Balaban J connectivity index is 1.67. The van der Waals surface area contributed by atoms with Crippen molar-refractivity contribution in [2.45, 2.75) is 19.0 Å². The molecule has 0 unspecified atom stereocenters. The summed E-state index contributed by atoms with van der Waals surface area (Å²) in [7, 11) is 1.34. The maximum absolute atomic E-state index is 12.3. The van der Waals surface area contributed by atoms with Crippen LogP contribution in [0.25, 0.3) is 11.3 Å². The maximum Gasteiger partial charge on any atom is 0.337 e. The number of nitrogens with one attached hydrogen (secondary N) is 1. The van der Waals surface area contributed by atoms with Crippen molar-refractivity contribution in [2.24, 2.45) is 0 Å². The van der Waals surface area contributed by atoms with E-state index in [0.717, 1.165) is 11.3 Å². The van der Waals surface area contributed by atoms with E-state index >= 15 is 0 Å². The molecule has 0 spiro atoms. The molecule has 1 fully saturated rings. The van der Waals surface area contributed by atoms with E-state index in [4.69, 9.17) is 26.1 Å². The molecule has 3 heterocycles. The van der Waals surface area contributed by atoms with Gasteiger partial charge in [0.2, 0.25) is 0 Å². The van der Waals surface area contributed by atoms with Crippen molar-refractivity contribution >= 4 is 29.3 Å². The maximum atomic E-state index is 12.3. The zero-order chi connectivity index (χ0) is 23.4. The van der Waals surface area contributed by atoms with Gasteiger partial charge in [-0.25, -0.2) is 4.79 Å². The van der Waals surface area contributed by atoms with Crippen LogP contribution in [0.2, 0.25) is 0 Å². The van der Waals surface area contributed by atoms with Gasteiger partial charge >= 0.3 is 11.9 Å².